The predicted molar refractivity (Wildman–Crippen MR) is 74.8 cm³/mol. The summed E-state index contributed by atoms with van der Waals surface area (Å²) in [5.41, 5.74) is -0.200. The summed E-state index contributed by atoms with van der Waals surface area (Å²) in [6.07, 6.45) is 0.975. The van der Waals surface area contributed by atoms with Crippen molar-refractivity contribution in [2.75, 3.05) is 31.6 Å². The van der Waals surface area contributed by atoms with E-state index in [-0.39, 0.29) is 23.7 Å². The molecule has 1 amide bonds. The van der Waals surface area contributed by atoms with Gasteiger partial charge in [-0.1, -0.05) is 6.58 Å². The van der Waals surface area contributed by atoms with Gasteiger partial charge in [0.25, 0.3) is 0 Å². The van der Waals surface area contributed by atoms with Crippen LogP contribution in [0.3, 0.4) is 0 Å². The Morgan fingerprint density at radius 2 is 2.05 bits per heavy atom. The number of sulfonamides is 1. The summed E-state index contributed by atoms with van der Waals surface area (Å²) in [5.74, 6) is -1.33. The van der Waals surface area contributed by atoms with Gasteiger partial charge in [0.15, 0.2) is 0 Å². The summed E-state index contributed by atoms with van der Waals surface area (Å²) in [5, 5.41) is 2.24. The molecule has 1 aliphatic rings. The highest BCUT2D eigenvalue weighted by atomic mass is 32.2. The molecular weight excluding hydrogens is 299 g/mol. The molecule has 1 heterocycles. The molecule has 1 aliphatic heterocycles. The van der Waals surface area contributed by atoms with Crippen molar-refractivity contribution in [1.82, 2.24) is 4.31 Å². The number of hydrogen-bond acceptors (Lipinski definition) is 4. The first-order valence-corrected chi connectivity index (χ1v) is 7.70. The number of halogens is 1. The van der Waals surface area contributed by atoms with E-state index >= 15 is 0 Å². The first-order chi connectivity index (χ1) is 9.95. The van der Waals surface area contributed by atoms with Crippen molar-refractivity contribution >= 4 is 21.6 Å². The Morgan fingerprint density at radius 1 is 1.38 bits per heavy atom. The van der Waals surface area contributed by atoms with Gasteiger partial charge in [0.2, 0.25) is 15.9 Å². The van der Waals surface area contributed by atoms with Crippen molar-refractivity contribution in [2.24, 2.45) is 0 Å². The summed E-state index contributed by atoms with van der Waals surface area (Å²) in [6, 6.07) is 3.28. The molecule has 21 heavy (non-hydrogen) atoms. The van der Waals surface area contributed by atoms with Crippen LogP contribution in [0.1, 0.15) is 0 Å². The Hall–Kier alpha value is -1.77. The van der Waals surface area contributed by atoms with Crippen molar-refractivity contribution in [3.05, 3.63) is 36.7 Å². The topological polar surface area (TPSA) is 75.7 Å². The molecule has 6 nitrogen and oxygen atoms in total. The second kappa shape index (κ2) is 6.33. The first kappa shape index (κ1) is 15.6. The van der Waals surface area contributed by atoms with Gasteiger partial charge >= 0.3 is 0 Å². The van der Waals surface area contributed by atoms with Crippen molar-refractivity contribution < 1.29 is 22.3 Å². The molecule has 0 spiro atoms. The molecule has 1 aromatic carbocycles. The maximum absolute atomic E-state index is 13.6. The van der Waals surface area contributed by atoms with Gasteiger partial charge < -0.3 is 10.1 Å². The van der Waals surface area contributed by atoms with E-state index in [4.69, 9.17) is 4.74 Å². The van der Waals surface area contributed by atoms with Crippen LogP contribution in [0.2, 0.25) is 0 Å². The molecule has 0 saturated carbocycles. The van der Waals surface area contributed by atoms with Crippen LogP contribution in [0, 0.1) is 5.82 Å². The molecule has 0 aliphatic carbocycles. The molecule has 1 saturated heterocycles. The van der Waals surface area contributed by atoms with Gasteiger partial charge in [0, 0.05) is 13.1 Å². The highest BCUT2D eigenvalue weighted by molar-refractivity contribution is 7.89. The minimum Gasteiger partial charge on any atom is -0.379 e. The third kappa shape index (κ3) is 3.46. The van der Waals surface area contributed by atoms with E-state index in [1.165, 1.54) is 10.4 Å². The smallest absolute Gasteiger partial charge is 0.247 e. The Balaban J connectivity index is 2.32. The van der Waals surface area contributed by atoms with E-state index in [2.05, 4.69) is 11.9 Å². The molecule has 0 bridgehead atoms. The maximum atomic E-state index is 13.6. The average molecular weight is 314 g/mol. The summed E-state index contributed by atoms with van der Waals surface area (Å²) in [7, 11) is -3.73. The molecule has 2 rings (SSSR count). The number of nitrogens with one attached hydrogen (secondary N) is 1. The lowest BCUT2D eigenvalue weighted by Crippen LogP contribution is -2.40. The molecule has 0 unspecified atom stereocenters. The predicted octanol–water partition coefficient (Wildman–Crippen LogP) is 0.971. The number of hydrogen-bond donors (Lipinski definition) is 1. The Morgan fingerprint density at radius 3 is 2.67 bits per heavy atom. The van der Waals surface area contributed by atoms with E-state index in [1.54, 1.807) is 0 Å². The number of ether oxygens (including phenoxy) is 1. The minimum absolute atomic E-state index is 0.0786. The summed E-state index contributed by atoms with van der Waals surface area (Å²) in [6.45, 7) is 4.38. The molecule has 0 atom stereocenters. The molecular formula is C13H15FN2O4S. The summed E-state index contributed by atoms with van der Waals surface area (Å²) < 4.78 is 44.8. The Kier molecular flexibility index (Phi) is 4.71. The molecule has 114 valence electrons. The fourth-order valence-corrected chi connectivity index (χ4v) is 3.32. The number of carbonyl (C=O) groups excluding carboxylic acids is 1. The number of amides is 1. The lowest BCUT2D eigenvalue weighted by Gasteiger charge is -2.26. The highest BCUT2D eigenvalue weighted by Crippen LogP contribution is 2.23. The van der Waals surface area contributed by atoms with Gasteiger partial charge in [0.05, 0.1) is 23.8 Å². The summed E-state index contributed by atoms with van der Waals surface area (Å²) >= 11 is 0. The maximum Gasteiger partial charge on any atom is 0.247 e. The second-order valence-electron chi connectivity index (χ2n) is 4.35. The van der Waals surface area contributed by atoms with E-state index in [0.717, 1.165) is 18.2 Å². The SMILES string of the molecule is C=CC(=O)Nc1cc(S(=O)(=O)N2CCOCC2)ccc1F. The number of nitrogens with zero attached hydrogens (tertiary/aromatic N) is 1. The van der Waals surface area contributed by atoms with Crippen LogP contribution < -0.4 is 5.32 Å². The lowest BCUT2D eigenvalue weighted by molar-refractivity contribution is -0.111. The van der Waals surface area contributed by atoms with Gasteiger partial charge in [-0.05, 0) is 24.3 Å². The number of rotatable bonds is 4. The monoisotopic (exact) mass is 314 g/mol. The zero-order chi connectivity index (χ0) is 15.5. The van der Waals surface area contributed by atoms with E-state index in [1.807, 2.05) is 0 Å². The molecule has 1 N–H and O–H groups in total. The average Bonchev–Trinajstić information content (AvgIpc) is 2.50. The van der Waals surface area contributed by atoms with Crippen molar-refractivity contribution in [1.29, 1.82) is 0 Å². The van der Waals surface area contributed by atoms with Crippen LogP contribution in [-0.2, 0) is 19.6 Å². The van der Waals surface area contributed by atoms with Crippen molar-refractivity contribution in [3.63, 3.8) is 0 Å². The molecule has 8 heteroatoms. The van der Waals surface area contributed by atoms with E-state index < -0.39 is 21.7 Å². The van der Waals surface area contributed by atoms with Crippen LogP contribution in [0.25, 0.3) is 0 Å². The third-order valence-electron chi connectivity index (χ3n) is 2.99. The fourth-order valence-electron chi connectivity index (χ4n) is 1.88. The normalized spacial score (nSPS) is 16.4. The molecule has 0 aromatic heterocycles. The van der Waals surface area contributed by atoms with Crippen LogP contribution in [-0.4, -0.2) is 44.9 Å². The van der Waals surface area contributed by atoms with Crippen LogP contribution in [0.4, 0.5) is 10.1 Å². The number of morpholine rings is 1. The Bertz CT molecular complexity index is 654. The quantitative estimate of drug-likeness (QED) is 0.840. The van der Waals surface area contributed by atoms with E-state index in [0.29, 0.717) is 13.2 Å². The summed E-state index contributed by atoms with van der Waals surface area (Å²) in [4.78, 5) is 11.1. The van der Waals surface area contributed by atoms with Crippen LogP contribution >= 0.6 is 0 Å². The van der Waals surface area contributed by atoms with Gasteiger partial charge in [0.1, 0.15) is 5.82 Å². The van der Waals surface area contributed by atoms with E-state index in [9.17, 15) is 17.6 Å². The van der Waals surface area contributed by atoms with Crippen molar-refractivity contribution in [3.8, 4) is 0 Å². The molecule has 1 aromatic rings. The van der Waals surface area contributed by atoms with Crippen LogP contribution in [0.15, 0.2) is 35.7 Å². The lowest BCUT2D eigenvalue weighted by atomic mass is 10.3. The highest BCUT2D eigenvalue weighted by Gasteiger charge is 2.27. The molecule has 1 fully saturated rings. The molecule has 0 radical (unpaired) electrons. The van der Waals surface area contributed by atoms with Gasteiger partial charge in [-0.2, -0.15) is 4.31 Å². The number of benzene rings is 1. The fraction of sp³-hybridized carbons (Fsp3) is 0.308. The van der Waals surface area contributed by atoms with Crippen molar-refractivity contribution in [2.45, 2.75) is 4.90 Å². The van der Waals surface area contributed by atoms with Gasteiger partial charge in [-0.3, -0.25) is 4.79 Å². The number of anilines is 1. The first-order valence-electron chi connectivity index (χ1n) is 6.26. The van der Waals surface area contributed by atoms with Crippen LogP contribution in [0.5, 0.6) is 0 Å². The second-order valence-corrected chi connectivity index (χ2v) is 6.29. The Labute approximate surface area is 122 Å². The van der Waals surface area contributed by atoms with Gasteiger partial charge in [-0.15, -0.1) is 0 Å². The zero-order valence-corrected chi connectivity index (χ0v) is 12.0. The standard InChI is InChI=1S/C13H15FN2O4S/c1-2-13(17)15-12-9-10(3-4-11(12)14)21(18,19)16-5-7-20-8-6-16/h2-4,9H,1,5-8H2,(H,15,17). The zero-order valence-electron chi connectivity index (χ0n) is 11.2. The third-order valence-corrected chi connectivity index (χ3v) is 4.88. The number of carbonyl (C=O) groups is 1. The van der Waals surface area contributed by atoms with Gasteiger partial charge in [-0.25, -0.2) is 12.8 Å². The minimum atomic E-state index is -3.73. The largest absolute Gasteiger partial charge is 0.379 e.